The number of carboxylic acids is 1. The first-order valence-corrected chi connectivity index (χ1v) is 15.4. The Morgan fingerprint density at radius 3 is 2.19 bits per heavy atom. The molecule has 0 spiro atoms. The molecule has 2 aliphatic carbocycles. The van der Waals surface area contributed by atoms with Crippen molar-refractivity contribution in [1.82, 2.24) is 16.0 Å². The van der Waals surface area contributed by atoms with Crippen LogP contribution in [-0.4, -0.2) is 53.2 Å². The molecule has 3 amide bonds. The van der Waals surface area contributed by atoms with Crippen LogP contribution >= 0.6 is 0 Å². The number of benzene rings is 2. The second kappa shape index (κ2) is 14.1. The van der Waals surface area contributed by atoms with Crippen molar-refractivity contribution in [2.45, 2.75) is 96.7 Å². The van der Waals surface area contributed by atoms with Gasteiger partial charge in [0.25, 0.3) is 5.91 Å². The molecule has 43 heavy (non-hydrogen) atoms. The van der Waals surface area contributed by atoms with E-state index in [9.17, 15) is 24.3 Å². The summed E-state index contributed by atoms with van der Waals surface area (Å²) in [6, 6.07) is 12.6. The first kappa shape index (κ1) is 32.0. The quantitative estimate of drug-likeness (QED) is 0.293. The van der Waals surface area contributed by atoms with Gasteiger partial charge in [0.15, 0.2) is 0 Å². The fraction of sp³-hybridized carbons (Fsp3) is 0.529. The highest BCUT2D eigenvalue weighted by molar-refractivity contribution is 5.95. The highest BCUT2D eigenvalue weighted by Crippen LogP contribution is 2.29. The second-order valence-electron chi connectivity index (χ2n) is 13.0. The van der Waals surface area contributed by atoms with Crippen molar-refractivity contribution in [1.29, 1.82) is 0 Å². The van der Waals surface area contributed by atoms with E-state index < -0.39 is 23.7 Å². The molecule has 0 heterocycles. The Balaban J connectivity index is 1.27. The molecule has 0 bridgehead atoms. The van der Waals surface area contributed by atoms with Crippen LogP contribution in [0.15, 0.2) is 42.5 Å². The van der Waals surface area contributed by atoms with Crippen LogP contribution < -0.4 is 16.0 Å². The average molecular weight is 592 g/mol. The van der Waals surface area contributed by atoms with Crippen LogP contribution in [0.4, 0.5) is 4.79 Å². The zero-order valence-corrected chi connectivity index (χ0v) is 25.7. The number of aliphatic carboxylic acids is 1. The molecule has 2 saturated carbocycles. The molecule has 0 radical (unpaired) electrons. The van der Waals surface area contributed by atoms with E-state index in [0.29, 0.717) is 24.9 Å². The van der Waals surface area contributed by atoms with Gasteiger partial charge in [-0.3, -0.25) is 9.59 Å². The topological polar surface area (TPSA) is 134 Å². The molecular formula is C34H45N3O6. The third-order valence-electron chi connectivity index (χ3n) is 8.40. The van der Waals surface area contributed by atoms with E-state index in [2.05, 4.69) is 16.0 Å². The zero-order chi connectivity index (χ0) is 31.1. The summed E-state index contributed by atoms with van der Waals surface area (Å²) in [4.78, 5) is 49.4. The maximum atomic E-state index is 13.0. The van der Waals surface area contributed by atoms with Gasteiger partial charge in [-0.15, -0.1) is 0 Å². The van der Waals surface area contributed by atoms with Gasteiger partial charge in [0.1, 0.15) is 11.6 Å². The molecule has 2 fully saturated rings. The molecule has 2 aliphatic rings. The lowest BCUT2D eigenvalue weighted by molar-refractivity contribution is -0.142. The first-order chi connectivity index (χ1) is 20.4. The number of nitrogens with one attached hydrogen (secondary N) is 3. The van der Waals surface area contributed by atoms with Crippen molar-refractivity contribution in [2.24, 2.45) is 11.8 Å². The summed E-state index contributed by atoms with van der Waals surface area (Å²) >= 11 is 0. The summed E-state index contributed by atoms with van der Waals surface area (Å²) in [6.07, 6.45) is 5.83. The minimum Gasteiger partial charge on any atom is -0.480 e. The van der Waals surface area contributed by atoms with Crippen molar-refractivity contribution < 1.29 is 29.0 Å². The van der Waals surface area contributed by atoms with E-state index in [1.54, 1.807) is 0 Å². The molecule has 4 rings (SSSR count). The van der Waals surface area contributed by atoms with Crippen molar-refractivity contribution in [3.63, 3.8) is 0 Å². The summed E-state index contributed by atoms with van der Waals surface area (Å²) in [5.74, 6) is -1.34. The average Bonchev–Trinajstić information content (AvgIpc) is 2.93. The number of ether oxygens (including phenoxy) is 1. The lowest BCUT2D eigenvalue weighted by atomic mass is 9.81. The highest BCUT2D eigenvalue weighted by Gasteiger charge is 2.30. The van der Waals surface area contributed by atoms with Crippen LogP contribution in [0, 0.1) is 18.8 Å². The number of rotatable bonds is 10. The highest BCUT2D eigenvalue weighted by atomic mass is 16.6. The molecule has 9 nitrogen and oxygen atoms in total. The van der Waals surface area contributed by atoms with Crippen molar-refractivity contribution >= 4 is 23.9 Å². The van der Waals surface area contributed by atoms with Gasteiger partial charge in [0, 0.05) is 30.5 Å². The standard InChI is InChI=1S/C34H45N3O6/c1-21-18-26(31(39)36-27-6-5-7-27)16-17-28(21)24-12-8-22(9-13-24)19-29(32(40)41)37-30(38)25-14-10-23(11-15-25)20-35-33(42)43-34(2,3)4/h8-9,12-13,16-18,23,25,27,29H,5-7,10-11,14-15,19-20H2,1-4H3,(H,35,42)(H,36,39)(H,37,38)(H,40,41). The first-order valence-electron chi connectivity index (χ1n) is 15.4. The lowest BCUT2D eigenvalue weighted by Crippen LogP contribution is -2.46. The number of carbonyl (C=O) groups excluding carboxylic acids is 3. The Morgan fingerprint density at radius 1 is 0.953 bits per heavy atom. The Hall–Kier alpha value is -3.88. The smallest absolute Gasteiger partial charge is 0.407 e. The Morgan fingerprint density at radius 2 is 1.63 bits per heavy atom. The third kappa shape index (κ3) is 9.30. The molecule has 9 heteroatoms. The van der Waals surface area contributed by atoms with Crippen molar-refractivity contribution in [3.8, 4) is 11.1 Å². The molecule has 1 atom stereocenters. The van der Waals surface area contributed by atoms with Gasteiger partial charge in [0.05, 0.1) is 0 Å². The van der Waals surface area contributed by atoms with Crippen molar-refractivity contribution in [2.75, 3.05) is 6.54 Å². The van der Waals surface area contributed by atoms with Gasteiger partial charge in [-0.1, -0.05) is 30.3 Å². The molecule has 1 unspecified atom stereocenters. The zero-order valence-electron chi connectivity index (χ0n) is 25.7. The van der Waals surface area contributed by atoms with E-state index in [0.717, 1.165) is 54.4 Å². The van der Waals surface area contributed by atoms with E-state index >= 15 is 0 Å². The summed E-state index contributed by atoms with van der Waals surface area (Å²) in [7, 11) is 0. The summed E-state index contributed by atoms with van der Waals surface area (Å²) in [6.45, 7) is 7.92. The van der Waals surface area contributed by atoms with Gasteiger partial charge in [-0.2, -0.15) is 0 Å². The number of carbonyl (C=O) groups is 4. The SMILES string of the molecule is Cc1cc(C(=O)NC2CCC2)ccc1-c1ccc(CC(NC(=O)C2CCC(CNC(=O)OC(C)(C)C)CC2)C(=O)O)cc1. The molecule has 0 aromatic heterocycles. The maximum Gasteiger partial charge on any atom is 0.407 e. The molecule has 2 aromatic rings. The van der Waals surface area contributed by atoms with Gasteiger partial charge in [-0.05, 0) is 113 Å². The van der Waals surface area contributed by atoms with Crippen LogP contribution in [0.2, 0.25) is 0 Å². The molecule has 0 saturated heterocycles. The van der Waals surface area contributed by atoms with Gasteiger partial charge < -0.3 is 25.8 Å². The van der Waals surface area contributed by atoms with Gasteiger partial charge in [0.2, 0.25) is 5.91 Å². The number of alkyl carbamates (subject to hydrolysis) is 1. The molecule has 0 aliphatic heterocycles. The minimum absolute atomic E-state index is 0.0419. The Kier molecular flexibility index (Phi) is 10.5. The predicted octanol–water partition coefficient (Wildman–Crippen LogP) is 5.39. The number of amides is 3. The summed E-state index contributed by atoms with van der Waals surface area (Å²) < 4.78 is 5.28. The number of aryl methyl sites for hydroxylation is 1. The number of hydrogen-bond donors (Lipinski definition) is 4. The summed E-state index contributed by atoms with van der Waals surface area (Å²) in [5, 5.41) is 18.5. The van der Waals surface area contributed by atoms with Crippen LogP contribution in [0.5, 0.6) is 0 Å². The lowest BCUT2D eigenvalue weighted by Gasteiger charge is -2.29. The van der Waals surface area contributed by atoms with Gasteiger partial charge in [-0.25, -0.2) is 9.59 Å². The Bertz CT molecular complexity index is 1300. The number of hydrogen-bond acceptors (Lipinski definition) is 5. The maximum absolute atomic E-state index is 13.0. The minimum atomic E-state index is -1.07. The molecule has 232 valence electrons. The normalized spacial score (nSPS) is 19.4. The van der Waals surface area contributed by atoms with Gasteiger partial charge >= 0.3 is 12.1 Å². The predicted molar refractivity (Wildman–Crippen MR) is 165 cm³/mol. The molecular weight excluding hydrogens is 546 g/mol. The second-order valence-corrected chi connectivity index (χ2v) is 13.0. The fourth-order valence-corrected chi connectivity index (χ4v) is 5.67. The van der Waals surface area contributed by atoms with E-state index in [4.69, 9.17) is 4.74 Å². The summed E-state index contributed by atoms with van der Waals surface area (Å²) in [5.41, 5.74) is 3.87. The molecule has 4 N–H and O–H groups in total. The monoisotopic (exact) mass is 591 g/mol. The van der Waals surface area contributed by atoms with E-state index in [1.807, 2.05) is 70.2 Å². The third-order valence-corrected chi connectivity index (χ3v) is 8.40. The van der Waals surface area contributed by atoms with E-state index in [-0.39, 0.29) is 36.1 Å². The fourth-order valence-electron chi connectivity index (χ4n) is 5.67. The van der Waals surface area contributed by atoms with Crippen molar-refractivity contribution in [3.05, 3.63) is 59.2 Å². The van der Waals surface area contributed by atoms with Crippen LogP contribution in [0.3, 0.4) is 0 Å². The number of carboxylic acid groups (broad SMARTS) is 1. The Labute approximate surface area is 254 Å². The molecule has 2 aromatic carbocycles. The van der Waals surface area contributed by atoms with Crippen LogP contribution in [0.25, 0.3) is 11.1 Å². The van der Waals surface area contributed by atoms with E-state index in [1.165, 1.54) is 0 Å². The van der Waals surface area contributed by atoms with Crippen LogP contribution in [0.1, 0.15) is 87.2 Å². The largest absolute Gasteiger partial charge is 0.480 e. The van der Waals surface area contributed by atoms with Crippen LogP contribution in [-0.2, 0) is 20.7 Å².